The Morgan fingerprint density at radius 2 is 1.86 bits per heavy atom. The number of pyridine rings is 1. The minimum absolute atomic E-state index is 0.0936. The summed E-state index contributed by atoms with van der Waals surface area (Å²) >= 11 is 0. The van der Waals surface area contributed by atoms with E-state index >= 15 is 0 Å². The molecule has 148 valence electrons. The average molecular weight is 380 g/mol. The molecule has 0 saturated carbocycles. The molecule has 2 aromatic rings. The number of methoxy groups -OCH3 is 1. The molecular formula is C24H29NO3. The first-order chi connectivity index (χ1) is 13.2. The minimum atomic E-state index is -0.416. The van der Waals surface area contributed by atoms with Crippen molar-refractivity contribution in [1.82, 2.24) is 4.57 Å². The van der Waals surface area contributed by atoms with E-state index in [-0.39, 0.29) is 5.56 Å². The van der Waals surface area contributed by atoms with E-state index in [0.29, 0.717) is 11.1 Å². The van der Waals surface area contributed by atoms with Gasteiger partial charge in [-0.2, -0.15) is 0 Å². The topological polar surface area (TPSA) is 48.3 Å². The van der Waals surface area contributed by atoms with Crippen LogP contribution in [0.1, 0.15) is 50.0 Å². The van der Waals surface area contributed by atoms with Crippen LogP contribution in [-0.2, 0) is 11.8 Å². The molecule has 0 aliphatic carbocycles. The Kier molecular flexibility index (Phi) is 6.79. The van der Waals surface area contributed by atoms with Gasteiger partial charge in [-0.3, -0.25) is 4.79 Å². The van der Waals surface area contributed by atoms with Crippen LogP contribution in [0.25, 0.3) is 23.3 Å². The number of aromatic nitrogens is 1. The Bertz CT molecular complexity index is 1120. The molecule has 4 nitrogen and oxygen atoms in total. The lowest BCUT2D eigenvalue weighted by molar-refractivity contribution is 0.0601. The van der Waals surface area contributed by atoms with Crippen LogP contribution in [0, 0.1) is 6.92 Å². The lowest BCUT2D eigenvalue weighted by atomic mass is 9.98. The molecule has 2 rings (SSSR count). The molecule has 0 unspecified atom stereocenters. The molecule has 4 heteroatoms. The van der Waals surface area contributed by atoms with Crippen LogP contribution in [0.3, 0.4) is 0 Å². The van der Waals surface area contributed by atoms with E-state index in [0.717, 1.165) is 33.7 Å². The first kappa shape index (κ1) is 21.4. The van der Waals surface area contributed by atoms with E-state index < -0.39 is 5.97 Å². The van der Waals surface area contributed by atoms with Gasteiger partial charge in [-0.15, -0.1) is 0 Å². The fourth-order valence-corrected chi connectivity index (χ4v) is 3.14. The van der Waals surface area contributed by atoms with Crippen molar-refractivity contribution >= 4 is 18.1 Å². The summed E-state index contributed by atoms with van der Waals surface area (Å²) in [7, 11) is 3.14. The molecule has 0 amide bonds. The molecule has 0 aliphatic heterocycles. The Labute approximate surface area is 166 Å². The summed E-state index contributed by atoms with van der Waals surface area (Å²) in [5.41, 5.74) is 5.04. The van der Waals surface area contributed by atoms with Crippen molar-refractivity contribution in [2.24, 2.45) is 7.05 Å². The van der Waals surface area contributed by atoms with E-state index in [9.17, 15) is 9.59 Å². The second kappa shape index (κ2) is 8.87. The third-order valence-corrected chi connectivity index (χ3v) is 5.31. The number of esters is 1. The molecule has 0 aliphatic rings. The van der Waals surface area contributed by atoms with Crippen molar-refractivity contribution in [2.45, 2.75) is 41.0 Å². The Morgan fingerprint density at radius 3 is 2.43 bits per heavy atom. The first-order valence-corrected chi connectivity index (χ1v) is 9.48. The van der Waals surface area contributed by atoms with Crippen LogP contribution in [0.5, 0.6) is 0 Å². The highest BCUT2D eigenvalue weighted by molar-refractivity contribution is 5.91. The summed E-state index contributed by atoms with van der Waals surface area (Å²) < 4.78 is 6.51. The van der Waals surface area contributed by atoms with Crippen LogP contribution in [-0.4, -0.2) is 17.6 Å². The second-order valence-corrected chi connectivity index (χ2v) is 7.03. The molecule has 0 radical (unpaired) electrons. The highest BCUT2D eigenvalue weighted by Crippen LogP contribution is 2.21. The van der Waals surface area contributed by atoms with Crippen LogP contribution in [0.2, 0.25) is 0 Å². The third-order valence-electron chi connectivity index (χ3n) is 5.31. The number of benzene rings is 1. The lowest BCUT2D eigenvalue weighted by Gasteiger charge is -2.11. The van der Waals surface area contributed by atoms with Crippen LogP contribution in [0.15, 0.2) is 40.2 Å². The zero-order valence-corrected chi connectivity index (χ0v) is 17.8. The smallest absolute Gasteiger partial charge is 0.337 e. The quantitative estimate of drug-likeness (QED) is 0.764. The second-order valence-electron chi connectivity index (χ2n) is 7.03. The molecule has 28 heavy (non-hydrogen) atoms. The zero-order valence-electron chi connectivity index (χ0n) is 17.8. The summed E-state index contributed by atoms with van der Waals surface area (Å²) in [5.74, 6) is -0.416. The van der Waals surface area contributed by atoms with Gasteiger partial charge in [0.25, 0.3) is 5.56 Å². The van der Waals surface area contributed by atoms with Gasteiger partial charge in [-0.05, 0) is 74.7 Å². The number of hydrogen-bond donors (Lipinski definition) is 0. The number of carbonyl (C=O) groups excluding carboxylic acids is 1. The number of aryl methyl sites for hydroxylation is 1. The Morgan fingerprint density at radius 1 is 1.18 bits per heavy atom. The van der Waals surface area contributed by atoms with Gasteiger partial charge in [-0.1, -0.05) is 30.2 Å². The van der Waals surface area contributed by atoms with Gasteiger partial charge >= 0.3 is 5.97 Å². The van der Waals surface area contributed by atoms with Crippen LogP contribution in [0.4, 0.5) is 0 Å². The molecule has 0 spiro atoms. The summed E-state index contributed by atoms with van der Waals surface area (Å²) in [6.45, 7) is 10.2. The highest BCUT2D eigenvalue weighted by atomic mass is 16.5. The third kappa shape index (κ3) is 4.16. The van der Waals surface area contributed by atoms with Crippen molar-refractivity contribution in [3.8, 4) is 11.1 Å². The van der Waals surface area contributed by atoms with E-state index in [1.807, 2.05) is 32.1 Å². The Hall–Kier alpha value is -2.88. The zero-order chi connectivity index (χ0) is 21.0. The standard InChI is InChI=1S/C24H29NO3/c1-8-15(3)17(5)12-22-18(9-2)13-21(23(26)25(22)6)20-14-19(24(27)28-7)11-10-16(20)4/h9-14H,8H2,1-7H3/b17-15+,18-9-,22-12+. The maximum atomic E-state index is 13.2. The molecule has 1 aromatic heterocycles. The molecule has 0 atom stereocenters. The van der Waals surface area contributed by atoms with Crippen molar-refractivity contribution in [3.05, 3.63) is 67.5 Å². The molecule has 0 saturated heterocycles. The number of hydrogen-bond acceptors (Lipinski definition) is 3. The number of rotatable bonds is 4. The maximum absolute atomic E-state index is 13.2. The lowest BCUT2D eigenvalue weighted by Crippen LogP contribution is -2.42. The van der Waals surface area contributed by atoms with Gasteiger partial charge in [0.15, 0.2) is 0 Å². The average Bonchev–Trinajstić information content (AvgIpc) is 2.70. The molecular weight excluding hydrogens is 350 g/mol. The number of nitrogens with zero attached hydrogens (tertiary/aromatic N) is 1. The molecule has 1 heterocycles. The predicted molar refractivity (Wildman–Crippen MR) is 116 cm³/mol. The van der Waals surface area contributed by atoms with E-state index in [4.69, 9.17) is 4.74 Å². The number of carbonyl (C=O) groups is 1. The van der Waals surface area contributed by atoms with Gasteiger partial charge < -0.3 is 9.30 Å². The summed E-state index contributed by atoms with van der Waals surface area (Å²) in [6.07, 6.45) is 5.04. The SMILES string of the molecule is C/C=c1/cc(-c2cc(C(=O)OC)ccc2C)c(=O)n(C)/c1=C/C(C)=C(\C)CC. The number of ether oxygens (including phenoxy) is 1. The van der Waals surface area contributed by atoms with Crippen LogP contribution < -0.4 is 16.1 Å². The molecule has 1 aromatic carbocycles. The summed E-state index contributed by atoms with van der Waals surface area (Å²) in [6, 6.07) is 7.19. The van der Waals surface area contributed by atoms with E-state index in [1.54, 1.807) is 23.7 Å². The van der Waals surface area contributed by atoms with Crippen LogP contribution >= 0.6 is 0 Å². The first-order valence-electron chi connectivity index (χ1n) is 9.48. The van der Waals surface area contributed by atoms with Gasteiger partial charge in [0, 0.05) is 12.6 Å². The largest absolute Gasteiger partial charge is 0.465 e. The maximum Gasteiger partial charge on any atom is 0.337 e. The molecule has 0 bridgehead atoms. The van der Waals surface area contributed by atoms with Gasteiger partial charge in [0.2, 0.25) is 0 Å². The van der Waals surface area contributed by atoms with E-state index in [2.05, 4.69) is 26.8 Å². The fraction of sp³-hybridized carbons (Fsp3) is 0.333. The van der Waals surface area contributed by atoms with E-state index in [1.165, 1.54) is 12.7 Å². The number of allylic oxidation sites excluding steroid dienone is 2. The fourth-order valence-electron chi connectivity index (χ4n) is 3.14. The monoisotopic (exact) mass is 379 g/mol. The minimum Gasteiger partial charge on any atom is -0.465 e. The Balaban J connectivity index is 2.85. The predicted octanol–water partition coefficient (Wildman–Crippen LogP) is 3.47. The highest BCUT2D eigenvalue weighted by Gasteiger charge is 2.13. The summed E-state index contributed by atoms with van der Waals surface area (Å²) in [5, 5.41) is 1.85. The van der Waals surface area contributed by atoms with Gasteiger partial charge in [-0.25, -0.2) is 4.79 Å². The van der Waals surface area contributed by atoms with Gasteiger partial charge in [0.05, 0.1) is 18.0 Å². The van der Waals surface area contributed by atoms with Crippen molar-refractivity contribution in [3.63, 3.8) is 0 Å². The van der Waals surface area contributed by atoms with Crippen molar-refractivity contribution in [1.29, 1.82) is 0 Å². The normalized spacial score (nSPS) is 13.5. The summed E-state index contributed by atoms with van der Waals surface area (Å²) in [4.78, 5) is 25.1. The van der Waals surface area contributed by atoms with Gasteiger partial charge in [0.1, 0.15) is 0 Å². The molecule has 0 fully saturated rings. The van der Waals surface area contributed by atoms with Crippen molar-refractivity contribution in [2.75, 3.05) is 7.11 Å². The molecule has 0 N–H and O–H groups in total. The van der Waals surface area contributed by atoms with Crippen molar-refractivity contribution < 1.29 is 9.53 Å².